The first kappa shape index (κ1) is 13.8. The lowest BCUT2D eigenvalue weighted by Gasteiger charge is -2.15. The van der Waals surface area contributed by atoms with E-state index in [0.29, 0.717) is 4.47 Å². The van der Waals surface area contributed by atoms with Gasteiger partial charge in [0.2, 0.25) is 5.82 Å². The molecular weight excluding hydrogens is 294 g/mol. The quantitative estimate of drug-likeness (QED) is 0.605. The Hall–Kier alpha value is -1.25. The van der Waals surface area contributed by atoms with E-state index in [-0.39, 0.29) is 24.7 Å². The largest absolute Gasteiger partial charge is 0.394 e. The highest BCUT2D eigenvalue weighted by Crippen LogP contribution is 2.25. The highest BCUT2D eigenvalue weighted by atomic mass is 79.9. The van der Waals surface area contributed by atoms with E-state index in [0.717, 1.165) is 0 Å². The van der Waals surface area contributed by atoms with E-state index in [2.05, 4.69) is 26.2 Å². The number of pyridine rings is 1. The van der Waals surface area contributed by atoms with E-state index in [1.165, 1.54) is 19.4 Å². The van der Waals surface area contributed by atoms with E-state index >= 15 is 0 Å². The first-order valence-electron chi connectivity index (χ1n) is 4.74. The highest BCUT2D eigenvalue weighted by molar-refractivity contribution is 9.10. The highest BCUT2D eigenvalue weighted by Gasteiger charge is 2.18. The molecule has 1 atom stereocenters. The summed E-state index contributed by atoms with van der Waals surface area (Å²) >= 11 is 3.11. The molecule has 1 heterocycles. The summed E-state index contributed by atoms with van der Waals surface area (Å²) in [4.78, 5) is 14.2. The van der Waals surface area contributed by atoms with Crippen molar-refractivity contribution >= 4 is 27.4 Å². The smallest absolute Gasteiger partial charge is 0.312 e. The molecule has 94 valence electrons. The number of methoxy groups -OCH3 is 1. The number of rotatable bonds is 6. The van der Waals surface area contributed by atoms with Gasteiger partial charge in [-0.2, -0.15) is 0 Å². The molecule has 0 saturated heterocycles. The normalized spacial score (nSPS) is 12.2. The van der Waals surface area contributed by atoms with Gasteiger partial charge >= 0.3 is 5.69 Å². The third-order valence-corrected chi connectivity index (χ3v) is 2.39. The Kier molecular flexibility index (Phi) is 5.26. The summed E-state index contributed by atoms with van der Waals surface area (Å²) in [5.41, 5.74) is -0.158. The fourth-order valence-corrected chi connectivity index (χ4v) is 1.53. The molecule has 0 saturated carbocycles. The number of aromatic nitrogens is 1. The number of aliphatic hydroxyl groups excluding tert-OH is 1. The number of ether oxygens (including phenoxy) is 1. The van der Waals surface area contributed by atoms with E-state index in [1.54, 1.807) is 0 Å². The van der Waals surface area contributed by atoms with Gasteiger partial charge in [-0.15, -0.1) is 0 Å². The van der Waals surface area contributed by atoms with Crippen LogP contribution in [0.5, 0.6) is 0 Å². The molecule has 1 aromatic rings. The van der Waals surface area contributed by atoms with Gasteiger partial charge in [-0.05, 0) is 15.9 Å². The van der Waals surface area contributed by atoms with E-state index < -0.39 is 11.0 Å². The number of anilines is 1. The Bertz CT molecular complexity index is 402. The van der Waals surface area contributed by atoms with Crippen molar-refractivity contribution in [3.8, 4) is 0 Å². The van der Waals surface area contributed by atoms with Crippen molar-refractivity contribution in [1.29, 1.82) is 0 Å². The van der Waals surface area contributed by atoms with Gasteiger partial charge < -0.3 is 15.2 Å². The first-order chi connectivity index (χ1) is 8.08. The van der Waals surface area contributed by atoms with Crippen LogP contribution in [0.4, 0.5) is 11.5 Å². The lowest BCUT2D eigenvalue weighted by molar-refractivity contribution is -0.384. The first-order valence-corrected chi connectivity index (χ1v) is 5.54. The second-order valence-corrected chi connectivity index (χ2v) is 4.17. The molecule has 1 unspecified atom stereocenters. The van der Waals surface area contributed by atoms with Gasteiger partial charge in [0, 0.05) is 23.8 Å². The molecule has 0 radical (unpaired) electrons. The summed E-state index contributed by atoms with van der Waals surface area (Å²) in [6, 6.07) is 0.906. The standard InChI is InChI=1S/C9H12BrN3O4/c1-17-5-7(4-14)12-9-8(13(15)16)2-6(10)3-11-9/h2-3,7,14H,4-5H2,1H3,(H,11,12). The zero-order chi connectivity index (χ0) is 12.8. The summed E-state index contributed by atoms with van der Waals surface area (Å²) in [5, 5.41) is 22.6. The molecule has 7 nitrogen and oxygen atoms in total. The number of nitrogens with one attached hydrogen (secondary N) is 1. The predicted octanol–water partition coefficient (Wildman–Crippen LogP) is 1.17. The zero-order valence-corrected chi connectivity index (χ0v) is 10.7. The topological polar surface area (TPSA) is 97.5 Å². The van der Waals surface area contributed by atoms with Crippen LogP contribution < -0.4 is 5.32 Å². The van der Waals surface area contributed by atoms with Crippen LogP contribution in [0.15, 0.2) is 16.7 Å². The monoisotopic (exact) mass is 305 g/mol. The lowest BCUT2D eigenvalue weighted by atomic mass is 10.3. The fraction of sp³-hybridized carbons (Fsp3) is 0.444. The van der Waals surface area contributed by atoms with Crippen molar-refractivity contribution in [2.45, 2.75) is 6.04 Å². The Morgan fingerprint density at radius 3 is 3.00 bits per heavy atom. The summed E-state index contributed by atoms with van der Waals surface area (Å²) < 4.78 is 5.38. The average molecular weight is 306 g/mol. The maximum absolute atomic E-state index is 10.8. The molecule has 0 amide bonds. The molecule has 0 aliphatic rings. The van der Waals surface area contributed by atoms with Gasteiger partial charge in [0.15, 0.2) is 0 Å². The maximum Gasteiger partial charge on any atom is 0.312 e. The van der Waals surface area contributed by atoms with Crippen LogP contribution in [0, 0.1) is 10.1 Å². The van der Waals surface area contributed by atoms with Crippen molar-refractivity contribution in [2.24, 2.45) is 0 Å². The molecule has 8 heteroatoms. The number of nitrogens with zero attached hydrogens (tertiary/aromatic N) is 2. The Labute approximate surface area is 106 Å². The molecule has 17 heavy (non-hydrogen) atoms. The van der Waals surface area contributed by atoms with Gasteiger partial charge in [0.05, 0.1) is 24.2 Å². The average Bonchev–Trinajstić information content (AvgIpc) is 2.30. The van der Waals surface area contributed by atoms with E-state index in [1.807, 2.05) is 0 Å². The van der Waals surface area contributed by atoms with Gasteiger partial charge in [-0.3, -0.25) is 10.1 Å². The maximum atomic E-state index is 10.8. The summed E-state index contributed by atoms with van der Waals surface area (Å²) in [5.74, 6) is 0.106. The summed E-state index contributed by atoms with van der Waals surface area (Å²) in [6.45, 7) is 0.0220. The molecule has 1 rings (SSSR count). The van der Waals surface area contributed by atoms with Crippen LogP contribution in [-0.2, 0) is 4.74 Å². The van der Waals surface area contributed by atoms with Crippen LogP contribution in [0.25, 0.3) is 0 Å². The van der Waals surface area contributed by atoms with Crippen LogP contribution in [0.2, 0.25) is 0 Å². The van der Waals surface area contributed by atoms with Crippen LogP contribution >= 0.6 is 15.9 Å². The van der Waals surface area contributed by atoms with Crippen LogP contribution in [0.3, 0.4) is 0 Å². The Balaban J connectivity index is 2.92. The van der Waals surface area contributed by atoms with Gasteiger partial charge in [0.1, 0.15) is 0 Å². The molecular formula is C9H12BrN3O4. The minimum Gasteiger partial charge on any atom is -0.394 e. The summed E-state index contributed by atoms with van der Waals surface area (Å²) in [7, 11) is 1.48. The van der Waals surface area contributed by atoms with Crippen molar-refractivity contribution in [3.63, 3.8) is 0 Å². The molecule has 2 N–H and O–H groups in total. The molecule has 0 aromatic carbocycles. The van der Waals surface area contributed by atoms with Crippen molar-refractivity contribution in [3.05, 3.63) is 26.9 Å². The number of halogens is 1. The second-order valence-electron chi connectivity index (χ2n) is 3.26. The molecule has 1 aromatic heterocycles. The van der Waals surface area contributed by atoms with Crippen molar-refractivity contribution in [1.82, 2.24) is 4.98 Å². The number of aliphatic hydroxyl groups is 1. The second kappa shape index (κ2) is 6.48. The van der Waals surface area contributed by atoms with Crippen molar-refractivity contribution in [2.75, 3.05) is 25.6 Å². The minimum absolute atomic E-state index is 0.106. The zero-order valence-electron chi connectivity index (χ0n) is 9.09. The van der Waals surface area contributed by atoms with E-state index in [4.69, 9.17) is 9.84 Å². The molecule has 0 spiro atoms. The van der Waals surface area contributed by atoms with Crippen LogP contribution in [-0.4, -0.2) is 41.4 Å². The van der Waals surface area contributed by atoms with Gasteiger partial charge in [-0.1, -0.05) is 0 Å². The van der Waals surface area contributed by atoms with Gasteiger partial charge in [0.25, 0.3) is 0 Å². The fourth-order valence-electron chi connectivity index (χ4n) is 1.21. The third kappa shape index (κ3) is 3.91. The summed E-state index contributed by atoms with van der Waals surface area (Å²) in [6.07, 6.45) is 1.44. The number of hydrogen-bond acceptors (Lipinski definition) is 6. The minimum atomic E-state index is -0.540. The number of hydrogen-bond donors (Lipinski definition) is 2. The third-order valence-electron chi connectivity index (χ3n) is 1.96. The Morgan fingerprint density at radius 1 is 1.76 bits per heavy atom. The molecule has 0 aliphatic carbocycles. The van der Waals surface area contributed by atoms with E-state index in [9.17, 15) is 10.1 Å². The van der Waals surface area contributed by atoms with Crippen LogP contribution in [0.1, 0.15) is 0 Å². The molecule has 0 fully saturated rings. The Morgan fingerprint density at radius 2 is 2.47 bits per heavy atom. The molecule has 0 bridgehead atoms. The van der Waals surface area contributed by atoms with Crippen molar-refractivity contribution < 1.29 is 14.8 Å². The lowest BCUT2D eigenvalue weighted by Crippen LogP contribution is -2.29. The number of nitro groups is 1. The molecule has 0 aliphatic heterocycles. The SMILES string of the molecule is COCC(CO)Nc1ncc(Br)cc1[N+](=O)[O-]. The van der Waals surface area contributed by atoms with Gasteiger partial charge in [-0.25, -0.2) is 4.98 Å². The predicted molar refractivity (Wildman–Crippen MR) is 65.0 cm³/mol.